The first-order valence-electron chi connectivity index (χ1n) is 5.55. The summed E-state index contributed by atoms with van der Waals surface area (Å²) < 4.78 is 26.6. The standard InChI is InChI=1S/C14H10Cl2F2O/c15-9-4-5-11(16)8(6-9)7-13(19)10-2-1-3-12(17)14(10)18/h1-6,13,19H,7H2. The van der Waals surface area contributed by atoms with Crippen LogP contribution in [-0.2, 0) is 6.42 Å². The van der Waals surface area contributed by atoms with Crippen molar-refractivity contribution >= 4 is 23.2 Å². The number of benzene rings is 2. The summed E-state index contributed by atoms with van der Waals surface area (Å²) in [4.78, 5) is 0. The van der Waals surface area contributed by atoms with E-state index in [0.717, 1.165) is 6.07 Å². The molecule has 0 fully saturated rings. The number of halogens is 4. The minimum atomic E-state index is -1.19. The van der Waals surface area contributed by atoms with E-state index < -0.39 is 17.7 Å². The second-order valence-electron chi connectivity index (χ2n) is 4.10. The van der Waals surface area contributed by atoms with Crippen LogP contribution in [0.4, 0.5) is 8.78 Å². The van der Waals surface area contributed by atoms with Crippen LogP contribution in [0.1, 0.15) is 17.2 Å². The molecule has 0 radical (unpaired) electrons. The van der Waals surface area contributed by atoms with Gasteiger partial charge in [-0.15, -0.1) is 0 Å². The van der Waals surface area contributed by atoms with Gasteiger partial charge in [-0.05, 0) is 29.8 Å². The SMILES string of the molecule is OC(Cc1cc(Cl)ccc1Cl)c1cccc(F)c1F. The summed E-state index contributed by atoms with van der Waals surface area (Å²) in [6.45, 7) is 0. The molecule has 1 N–H and O–H groups in total. The highest BCUT2D eigenvalue weighted by Crippen LogP contribution is 2.27. The third-order valence-electron chi connectivity index (χ3n) is 2.76. The Morgan fingerprint density at radius 3 is 2.58 bits per heavy atom. The Morgan fingerprint density at radius 2 is 1.84 bits per heavy atom. The number of rotatable bonds is 3. The van der Waals surface area contributed by atoms with Crippen LogP contribution in [0.2, 0.25) is 10.0 Å². The molecule has 0 amide bonds. The fraction of sp³-hybridized carbons (Fsp3) is 0.143. The van der Waals surface area contributed by atoms with Crippen LogP contribution in [0.15, 0.2) is 36.4 Å². The lowest BCUT2D eigenvalue weighted by atomic mass is 10.0. The molecular weight excluding hydrogens is 293 g/mol. The molecule has 0 aliphatic rings. The van der Waals surface area contributed by atoms with Crippen molar-refractivity contribution in [1.82, 2.24) is 0 Å². The molecule has 1 atom stereocenters. The van der Waals surface area contributed by atoms with Crippen molar-refractivity contribution in [3.8, 4) is 0 Å². The molecule has 0 spiro atoms. The summed E-state index contributed by atoms with van der Waals surface area (Å²) in [5.74, 6) is -2.04. The molecule has 0 aliphatic heterocycles. The van der Waals surface area contributed by atoms with E-state index in [1.807, 2.05) is 0 Å². The second kappa shape index (κ2) is 5.87. The molecular formula is C14H10Cl2F2O. The van der Waals surface area contributed by atoms with Gasteiger partial charge in [-0.2, -0.15) is 0 Å². The van der Waals surface area contributed by atoms with Crippen molar-refractivity contribution in [2.75, 3.05) is 0 Å². The highest BCUT2D eigenvalue weighted by molar-refractivity contribution is 6.33. The molecule has 0 saturated carbocycles. The van der Waals surface area contributed by atoms with Crippen molar-refractivity contribution in [3.05, 3.63) is 69.2 Å². The van der Waals surface area contributed by atoms with E-state index in [2.05, 4.69) is 0 Å². The lowest BCUT2D eigenvalue weighted by Gasteiger charge is -2.13. The van der Waals surface area contributed by atoms with Gasteiger partial charge >= 0.3 is 0 Å². The zero-order valence-corrected chi connectivity index (χ0v) is 11.2. The quantitative estimate of drug-likeness (QED) is 0.882. The van der Waals surface area contributed by atoms with E-state index in [1.54, 1.807) is 18.2 Å². The molecule has 0 aromatic heterocycles. The van der Waals surface area contributed by atoms with Crippen molar-refractivity contribution in [1.29, 1.82) is 0 Å². The van der Waals surface area contributed by atoms with Crippen molar-refractivity contribution in [2.24, 2.45) is 0 Å². The van der Waals surface area contributed by atoms with Gasteiger partial charge in [-0.1, -0.05) is 35.3 Å². The van der Waals surface area contributed by atoms with Crippen LogP contribution in [0.5, 0.6) is 0 Å². The molecule has 5 heteroatoms. The first kappa shape index (κ1) is 14.3. The molecule has 0 saturated heterocycles. The molecule has 2 aromatic rings. The molecule has 0 heterocycles. The largest absolute Gasteiger partial charge is 0.388 e. The van der Waals surface area contributed by atoms with Gasteiger partial charge in [0.15, 0.2) is 11.6 Å². The Balaban J connectivity index is 2.28. The zero-order valence-electron chi connectivity index (χ0n) is 9.71. The van der Waals surface area contributed by atoms with Gasteiger partial charge in [0.25, 0.3) is 0 Å². The third-order valence-corrected chi connectivity index (χ3v) is 3.37. The van der Waals surface area contributed by atoms with Crippen LogP contribution < -0.4 is 0 Å². The number of hydrogen-bond donors (Lipinski definition) is 1. The normalized spacial score (nSPS) is 12.5. The molecule has 2 aromatic carbocycles. The minimum absolute atomic E-state index is 0.0553. The fourth-order valence-electron chi connectivity index (χ4n) is 1.80. The van der Waals surface area contributed by atoms with Crippen LogP contribution in [0.25, 0.3) is 0 Å². The van der Waals surface area contributed by atoms with Crippen molar-refractivity contribution < 1.29 is 13.9 Å². The number of aliphatic hydroxyl groups is 1. The average molecular weight is 303 g/mol. The molecule has 0 bridgehead atoms. The molecule has 100 valence electrons. The highest BCUT2D eigenvalue weighted by atomic mass is 35.5. The molecule has 1 unspecified atom stereocenters. The van der Waals surface area contributed by atoms with Crippen molar-refractivity contribution in [2.45, 2.75) is 12.5 Å². The van der Waals surface area contributed by atoms with E-state index in [4.69, 9.17) is 23.2 Å². The first-order chi connectivity index (χ1) is 8.99. The topological polar surface area (TPSA) is 20.2 Å². The maximum absolute atomic E-state index is 13.5. The van der Waals surface area contributed by atoms with Crippen LogP contribution in [0.3, 0.4) is 0 Å². The van der Waals surface area contributed by atoms with Gasteiger partial charge in [0.2, 0.25) is 0 Å². The van der Waals surface area contributed by atoms with Gasteiger partial charge in [0.05, 0.1) is 6.10 Å². The van der Waals surface area contributed by atoms with Crippen molar-refractivity contribution in [3.63, 3.8) is 0 Å². The fourth-order valence-corrected chi connectivity index (χ4v) is 2.19. The molecule has 2 rings (SSSR count). The Bertz CT molecular complexity index is 602. The minimum Gasteiger partial charge on any atom is -0.388 e. The molecule has 0 aliphatic carbocycles. The van der Waals surface area contributed by atoms with Gasteiger partial charge < -0.3 is 5.11 Å². The maximum Gasteiger partial charge on any atom is 0.164 e. The third kappa shape index (κ3) is 3.24. The van der Waals surface area contributed by atoms with Gasteiger partial charge in [0, 0.05) is 22.0 Å². The first-order valence-corrected chi connectivity index (χ1v) is 6.30. The van der Waals surface area contributed by atoms with Gasteiger partial charge in [0.1, 0.15) is 0 Å². The zero-order chi connectivity index (χ0) is 14.0. The summed E-state index contributed by atoms with van der Waals surface area (Å²) in [6.07, 6.45) is -1.13. The van der Waals surface area contributed by atoms with Gasteiger partial charge in [-0.25, -0.2) is 8.78 Å². The van der Waals surface area contributed by atoms with E-state index in [1.165, 1.54) is 12.1 Å². The Kier molecular flexibility index (Phi) is 4.40. The summed E-state index contributed by atoms with van der Waals surface area (Å²) in [7, 11) is 0. The predicted molar refractivity (Wildman–Crippen MR) is 71.5 cm³/mol. The van der Waals surface area contributed by atoms with E-state index in [-0.39, 0.29) is 12.0 Å². The Morgan fingerprint density at radius 1 is 1.11 bits per heavy atom. The highest BCUT2D eigenvalue weighted by Gasteiger charge is 2.17. The van der Waals surface area contributed by atoms with E-state index >= 15 is 0 Å². The smallest absolute Gasteiger partial charge is 0.164 e. The second-order valence-corrected chi connectivity index (χ2v) is 4.94. The number of aliphatic hydroxyl groups excluding tert-OH is 1. The maximum atomic E-state index is 13.5. The van der Waals surface area contributed by atoms with E-state index in [0.29, 0.717) is 15.6 Å². The average Bonchev–Trinajstić information content (AvgIpc) is 2.37. The summed E-state index contributed by atoms with van der Waals surface area (Å²) in [6, 6.07) is 8.47. The monoisotopic (exact) mass is 302 g/mol. The van der Waals surface area contributed by atoms with Gasteiger partial charge in [-0.3, -0.25) is 0 Å². The lowest BCUT2D eigenvalue weighted by Crippen LogP contribution is -2.06. The predicted octanol–water partition coefficient (Wildman–Crippen LogP) is 4.55. The Hall–Kier alpha value is -1.16. The molecule has 19 heavy (non-hydrogen) atoms. The molecule has 1 nitrogen and oxygen atoms in total. The lowest BCUT2D eigenvalue weighted by molar-refractivity contribution is 0.172. The van der Waals surface area contributed by atoms with Crippen LogP contribution >= 0.6 is 23.2 Å². The Labute approximate surface area is 119 Å². The summed E-state index contributed by atoms with van der Waals surface area (Å²) in [5.41, 5.74) is 0.473. The van der Waals surface area contributed by atoms with E-state index in [9.17, 15) is 13.9 Å². The number of hydrogen-bond acceptors (Lipinski definition) is 1. The van der Waals surface area contributed by atoms with Crippen LogP contribution in [0, 0.1) is 11.6 Å². The summed E-state index contributed by atoms with van der Waals surface area (Å²) in [5, 5.41) is 10.9. The summed E-state index contributed by atoms with van der Waals surface area (Å²) >= 11 is 11.8. The van der Waals surface area contributed by atoms with Crippen LogP contribution in [-0.4, -0.2) is 5.11 Å².